The first-order valence-corrected chi connectivity index (χ1v) is 7.93. The second-order valence-electron chi connectivity index (χ2n) is 4.56. The molecule has 0 bridgehead atoms. The van der Waals surface area contributed by atoms with Crippen LogP contribution in [0.15, 0.2) is 29.2 Å². The number of aliphatic carboxylic acids is 1. The minimum Gasteiger partial charge on any atom is -0.481 e. The molecule has 0 saturated heterocycles. The van der Waals surface area contributed by atoms with Crippen LogP contribution in [0.25, 0.3) is 0 Å². The van der Waals surface area contributed by atoms with Crippen LogP contribution in [0.1, 0.15) is 31.4 Å². The molecule has 116 valence electrons. The minimum absolute atomic E-state index is 0.162. The fourth-order valence-electron chi connectivity index (χ4n) is 1.99. The molecule has 0 aliphatic rings. The summed E-state index contributed by atoms with van der Waals surface area (Å²) in [6.07, 6.45) is 1.78. The molecule has 21 heavy (non-hydrogen) atoms. The van der Waals surface area contributed by atoms with E-state index in [2.05, 4.69) is 5.32 Å². The number of hydrogen-bond acceptors (Lipinski definition) is 4. The maximum atomic E-state index is 12.1. The van der Waals surface area contributed by atoms with Crippen LogP contribution in [0.3, 0.4) is 0 Å². The Hall–Kier alpha value is -1.53. The van der Waals surface area contributed by atoms with Gasteiger partial charge >= 0.3 is 5.97 Å². The minimum atomic E-state index is -0.959. The third kappa shape index (κ3) is 5.40. The van der Waals surface area contributed by atoms with Gasteiger partial charge in [0.2, 0.25) is 5.91 Å². The van der Waals surface area contributed by atoms with Gasteiger partial charge in [0, 0.05) is 12.0 Å². The number of carboxylic acids is 1. The molecule has 0 fully saturated rings. The van der Waals surface area contributed by atoms with Crippen molar-refractivity contribution >= 4 is 23.6 Å². The van der Waals surface area contributed by atoms with Crippen molar-refractivity contribution in [3.05, 3.63) is 29.8 Å². The number of thioether (sulfide) groups is 1. The molecule has 6 heteroatoms. The van der Waals surface area contributed by atoms with Gasteiger partial charge in [0.1, 0.15) is 6.10 Å². The van der Waals surface area contributed by atoms with Crippen molar-refractivity contribution in [2.75, 3.05) is 13.4 Å². The van der Waals surface area contributed by atoms with Gasteiger partial charge in [-0.2, -0.15) is 0 Å². The summed E-state index contributed by atoms with van der Waals surface area (Å²) in [5, 5.41) is 11.8. The molecule has 0 aliphatic carbocycles. The monoisotopic (exact) mass is 311 g/mol. The van der Waals surface area contributed by atoms with Crippen LogP contribution in [0.5, 0.6) is 0 Å². The summed E-state index contributed by atoms with van der Waals surface area (Å²) in [7, 11) is 1.47. The first kappa shape index (κ1) is 17.5. The summed E-state index contributed by atoms with van der Waals surface area (Å²) in [6, 6.07) is 6.94. The van der Waals surface area contributed by atoms with E-state index in [0.29, 0.717) is 6.42 Å². The molecule has 0 aromatic heterocycles. The Kier molecular flexibility index (Phi) is 7.25. The maximum absolute atomic E-state index is 12.1. The number of nitrogens with one attached hydrogen (secondary N) is 1. The van der Waals surface area contributed by atoms with Crippen LogP contribution in [-0.4, -0.2) is 36.5 Å². The molecule has 1 aromatic carbocycles. The van der Waals surface area contributed by atoms with Crippen LogP contribution < -0.4 is 5.32 Å². The Bertz CT molecular complexity index is 471. The van der Waals surface area contributed by atoms with Crippen LogP contribution in [0.2, 0.25) is 0 Å². The van der Waals surface area contributed by atoms with Crippen LogP contribution in [0.4, 0.5) is 0 Å². The van der Waals surface area contributed by atoms with Crippen molar-refractivity contribution in [3.8, 4) is 0 Å². The summed E-state index contributed by atoms with van der Waals surface area (Å²) in [5.74, 6) is -1.25. The van der Waals surface area contributed by atoms with Crippen molar-refractivity contribution < 1.29 is 19.4 Å². The van der Waals surface area contributed by atoms with E-state index >= 15 is 0 Å². The predicted molar refractivity (Wildman–Crippen MR) is 82.4 cm³/mol. The second-order valence-corrected chi connectivity index (χ2v) is 5.44. The molecule has 1 rings (SSSR count). The number of rotatable bonds is 8. The molecule has 2 unspecified atom stereocenters. The Labute approximate surface area is 129 Å². The molecule has 5 nitrogen and oxygen atoms in total. The van der Waals surface area contributed by atoms with Crippen molar-refractivity contribution in [2.24, 2.45) is 0 Å². The lowest BCUT2D eigenvalue weighted by Crippen LogP contribution is -2.38. The highest BCUT2D eigenvalue weighted by Crippen LogP contribution is 2.21. The number of benzene rings is 1. The zero-order chi connectivity index (χ0) is 15.8. The topological polar surface area (TPSA) is 75.6 Å². The summed E-state index contributed by atoms with van der Waals surface area (Å²) < 4.78 is 5.08. The van der Waals surface area contributed by atoms with Gasteiger partial charge < -0.3 is 15.2 Å². The third-order valence-corrected chi connectivity index (χ3v) is 3.90. The van der Waals surface area contributed by atoms with Gasteiger partial charge in [-0.3, -0.25) is 9.59 Å². The van der Waals surface area contributed by atoms with Crippen LogP contribution >= 0.6 is 11.8 Å². The van der Waals surface area contributed by atoms with Gasteiger partial charge in [0.15, 0.2) is 0 Å². The molecule has 0 heterocycles. The van der Waals surface area contributed by atoms with E-state index in [1.165, 1.54) is 7.11 Å². The zero-order valence-electron chi connectivity index (χ0n) is 12.5. The summed E-state index contributed by atoms with van der Waals surface area (Å²) in [4.78, 5) is 24.2. The number of amides is 1. The van der Waals surface area contributed by atoms with Gasteiger partial charge in [-0.15, -0.1) is 11.8 Å². The molecular weight excluding hydrogens is 290 g/mol. The van der Waals surface area contributed by atoms with E-state index in [1.807, 2.05) is 37.4 Å². The van der Waals surface area contributed by atoms with Gasteiger partial charge in [0.25, 0.3) is 0 Å². The fourth-order valence-corrected chi connectivity index (χ4v) is 2.40. The van der Waals surface area contributed by atoms with Gasteiger partial charge in [-0.05, 0) is 30.4 Å². The SMILES string of the molecule is CCC(OC)C(=O)NC(CC(=O)O)c1ccc(SC)cc1. The van der Waals surface area contributed by atoms with Gasteiger partial charge in [-0.25, -0.2) is 0 Å². The van der Waals surface area contributed by atoms with E-state index < -0.39 is 18.1 Å². The smallest absolute Gasteiger partial charge is 0.305 e. The van der Waals surface area contributed by atoms with Crippen molar-refractivity contribution in [3.63, 3.8) is 0 Å². The van der Waals surface area contributed by atoms with Crippen LogP contribution in [-0.2, 0) is 14.3 Å². The Morgan fingerprint density at radius 2 is 1.95 bits per heavy atom. The maximum Gasteiger partial charge on any atom is 0.305 e. The quantitative estimate of drug-likeness (QED) is 0.721. The lowest BCUT2D eigenvalue weighted by atomic mass is 10.0. The normalized spacial score (nSPS) is 13.5. The molecule has 2 N–H and O–H groups in total. The number of hydrogen-bond donors (Lipinski definition) is 2. The summed E-state index contributed by atoms with van der Waals surface area (Å²) in [5.41, 5.74) is 0.773. The Morgan fingerprint density at radius 1 is 1.33 bits per heavy atom. The number of carbonyl (C=O) groups excluding carboxylic acids is 1. The highest BCUT2D eigenvalue weighted by molar-refractivity contribution is 7.98. The van der Waals surface area contributed by atoms with E-state index in [9.17, 15) is 9.59 Å². The molecule has 2 atom stereocenters. The largest absolute Gasteiger partial charge is 0.481 e. The summed E-state index contributed by atoms with van der Waals surface area (Å²) in [6.45, 7) is 1.84. The van der Waals surface area contributed by atoms with Gasteiger partial charge in [0.05, 0.1) is 12.5 Å². The summed E-state index contributed by atoms with van der Waals surface area (Å²) >= 11 is 1.61. The number of ether oxygens (including phenoxy) is 1. The molecule has 0 radical (unpaired) electrons. The molecule has 1 aromatic rings. The lowest BCUT2D eigenvalue weighted by Gasteiger charge is -2.21. The molecule has 0 saturated carbocycles. The number of carboxylic acid groups (broad SMARTS) is 1. The van der Waals surface area contributed by atoms with Crippen molar-refractivity contribution in [2.45, 2.75) is 36.8 Å². The fraction of sp³-hybridized carbons (Fsp3) is 0.467. The molecule has 0 aliphatic heterocycles. The van der Waals surface area contributed by atoms with Crippen molar-refractivity contribution in [1.82, 2.24) is 5.32 Å². The molecule has 0 spiro atoms. The molecule has 1 amide bonds. The highest BCUT2D eigenvalue weighted by atomic mass is 32.2. The van der Waals surface area contributed by atoms with Gasteiger partial charge in [-0.1, -0.05) is 19.1 Å². The number of carbonyl (C=O) groups is 2. The third-order valence-electron chi connectivity index (χ3n) is 3.16. The highest BCUT2D eigenvalue weighted by Gasteiger charge is 2.22. The average molecular weight is 311 g/mol. The first-order valence-electron chi connectivity index (χ1n) is 6.70. The van der Waals surface area contributed by atoms with Crippen LogP contribution in [0, 0.1) is 0 Å². The first-order chi connectivity index (χ1) is 10.0. The lowest BCUT2D eigenvalue weighted by molar-refractivity contribution is -0.138. The Morgan fingerprint density at radius 3 is 2.38 bits per heavy atom. The zero-order valence-corrected chi connectivity index (χ0v) is 13.3. The Balaban J connectivity index is 2.88. The second kappa shape index (κ2) is 8.69. The molecular formula is C15H21NO4S. The van der Waals surface area contributed by atoms with E-state index in [0.717, 1.165) is 10.5 Å². The van der Waals surface area contributed by atoms with E-state index in [-0.39, 0.29) is 12.3 Å². The van der Waals surface area contributed by atoms with Crippen molar-refractivity contribution in [1.29, 1.82) is 0 Å². The number of methoxy groups -OCH3 is 1. The van der Waals surface area contributed by atoms with E-state index in [4.69, 9.17) is 9.84 Å². The average Bonchev–Trinajstić information content (AvgIpc) is 2.47. The van der Waals surface area contributed by atoms with E-state index in [1.54, 1.807) is 11.8 Å². The predicted octanol–water partition coefficient (Wildman–Crippen LogP) is 2.47. The standard InChI is InChI=1S/C15H21NO4S/c1-4-13(20-2)15(19)16-12(9-14(17)18)10-5-7-11(21-3)8-6-10/h5-8,12-13H,4,9H2,1-3H3,(H,16,19)(H,17,18).